The SMILES string of the molecule is CCCC[C@@H](CC)C(=O)NCCCn1cccn1. The average molecular weight is 251 g/mol. The molecule has 1 rings (SSSR count). The van der Waals surface area contributed by atoms with Crippen molar-refractivity contribution in [3.05, 3.63) is 18.5 Å². The predicted octanol–water partition coefficient (Wildman–Crippen LogP) is 2.61. The maximum atomic E-state index is 11.9. The van der Waals surface area contributed by atoms with Crippen LogP contribution in [0, 0.1) is 5.92 Å². The molecule has 0 saturated carbocycles. The Morgan fingerprint density at radius 3 is 2.83 bits per heavy atom. The first kappa shape index (κ1) is 14.7. The largest absolute Gasteiger partial charge is 0.356 e. The highest BCUT2D eigenvalue weighted by molar-refractivity contribution is 5.78. The minimum atomic E-state index is 0.189. The van der Waals surface area contributed by atoms with Crippen molar-refractivity contribution < 1.29 is 4.79 Å². The smallest absolute Gasteiger partial charge is 0.223 e. The number of unbranched alkanes of at least 4 members (excludes halogenated alkanes) is 1. The van der Waals surface area contributed by atoms with Crippen LogP contribution in [0.4, 0.5) is 0 Å². The lowest BCUT2D eigenvalue weighted by Crippen LogP contribution is -2.31. The molecule has 0 saturated heterocycles. The van der Waals surface area contributed by atoms with E-state index in [1.54, 1.807) is 6.20 Å². The van der Waals surface area contributed by atoms with Gasteiger partial charge in [0.2, 0.25) is 5.91 Å². The third-order valence-electron chi connectivity index (χ3n) is 3.19. The summed E-state index contributed by atoms with van der Waals surface area (Å²) in [5.74, 6) is 0.404. The fourth-order valence-corrected chi connectivity index (χ4v) is 2.00. The molecular weight excluding hydrogens is 226 g/mol. The molecular formula is C14H25N3O. The van der Waals surface area contributed by atoms with Crippen LogP contribution < -0.4 is 5.32 Å². The van der Waals surface area contributed by atoms with E-state index in [-0.39, 0.29) is 11.8 Å². The Bertz CT molecular complexity index is 322. The van der Waals surface area contributed by atoms with Crippen molar-refractivity contribution in [1.29, 1.82) is 0 Å². The van der Waals surface area contributed by atoms with Gasteiger partial charge in [-0.25, -0.2) is 0 Å². The number of aryl methyl sites for hydroxylation is 1. The first-order chi connectivity index (χ1) is 8.77. The molecule has 0 bridgehead atoms. The molecule has 102 valence electrons. The third kappa shape index (κ3) is 5.34. The van der Waals surface area contributed by atoms with Crippen molar-refractivity contribution in [2.24, 2.45) is 5.92 Å². The van der Waals surface area contributed by atoms with E-state index in [1.807, 2.05) is 16.9 Å². The molecule has 0 aliphatic carbocycles. The highest BCUT2D eigenvalue weighted by atomic mass is 16.1. The summed E-state index contributed by atoms with van der Waals surface area (Å²) in [7, 11) is 0. The van der Waals surface area contributed by atoms with Crippen LogP contribution in [0.5, 0.6) is 0 Å². The quantitative estimate of drug-likeness (QED) is 0.686. The molecule has 1 aromatic rings. The van der Waals surface area contributed by atoms with Crippen molar-refractivity contribution in [2.75, 3.05) is 6.54 Å². The lowest BCUT2D eigenvalue weighted by molar-refractivity contribution is -0.125. The summed E-state index contributed by atoms with van der Waals surface area (Å²) in [5, 5.41) is 7.15. The van der Waals surface area contributed by atoms with Gasteiger partial charge in [0.25, 0.3) is 0 Å². The number of hydrogen-bond acceptors (Lipinski definition) is 2. The number of hydrogen-bond donors (Lipinski definition) is 1. The summed E-state index contributed by atoms with van der Waals surface area (Å²) in [6.07, 6.45) is 8.89. The Kier molecular flexibility index (Phi) is 7.14. The van der Waals surface area contributed by atoms with E-state index in [9.17, 15) is 4.79 Å². The Labute approximate surface area is 110 Å². The first-order valence-electron chi connectivity index (χ1n) is 7.03. The van der Waals surface area contributed by atoms with Crippen LogP contribution >= 0.6 is 0 Å². The summed E-state index contributed by atoms with van der Waals surface area (Å²) >= 11 is 0. The molecule has 1 N–H and O–H groups in total. The molecule has 0 aliphatic heterocycles. The Morgan fingerprint density at radius 2 is 2.22 bits per heavy atom. The van der Waals surface area contributed by atoms with Gasteiger partial charge in [-0.1, -0.05) is 26.7 Å². The maximum Gasteiger partial charge on any atom is 0.223 e. The Morgan fingerprint density at radius 1 is 1.39 bits per heavy atom. The Hall–Kier alpha value is -1.32. The average Bonchev–Trinajstić information content (AvgIpc) is 2.88. The predicted molar refractivity (Wildman–Crippen MR) is 73.2 cm³/mol. The maximum absolute atomic E-state index is 11.9. The van der Waals surface area contributed by atoms with E-state index in [2.05, 4.69) is 24.3 Å². The van der Waals surface area contributed by atoms with Crippen LogP contribution in [0.3, 0.4) is 0 Å². The minimum absolute atomic E-state index is 0.189. The number of amides is 1. The molecule has 4 nitrogen and oxygen atoms in total. The summed E-state index contributed by atoms with van der Waals surface area (Å²) in [5.41, 5.74) is 0. The fourth-order valence-electron chi connectivity index (χ4n) is 2.00. The number of aromatic nitrogens is 2. The van der Waals surface area contributed by atoms with Gasteiger partial charge in [-0.3, -0.25) is 9.48 Å². The zero-order chi connectivity index (χ0) is 13.2. The highest BCUT2D eigenvalue weighted by Crippen LogP contribution is 2.12. The minimum Gasteiger partial charge on any atom is -0.356 e. The molecule has 0 radical (unpaired) electrons. The molecule has 18 heavy (non-hydrogen) atoms. The first-order valence-corrected chi connectivity index (χ1v) is 7.03. The molecule has 1 heterocycles. The lowest BCUT2D eigenvalue weighted by Gasteiger charge is -2.14. The fraction of sp³-hybridized carbons (Fsp3) is 0.714. The van der Waals surface area contributed by atoms with Gasteiger partial charge in [0.1, 0.15) is 0 Å². The van der Waals surface area contributed by atoms with Gasteiger partial charge in [0.05, 0.1) is 0 Å². The molecule has 0 fully saturated rings. The number of nitrogens with zero attached hydrogens (tertiary/aromatic N) is 2. The van der Waals surface area contributed by atoms with Crippen molar-refractivity contribution >= 4 is 5.91 Å². The van der Waals surface area contributed by atoms with Crippen LogP contribution in [0.25, 0.3) is 0 Å². The monoisotopic (exact) mass is 251 g/mol. The normalized spacial score (nSPS) is 12.3. The van der Waals surface area contributed by atoms with Gasteiger partial charge >= 0.3 is 0 Å². The zero-order valence-corrected chi connectivity index (χ0v) is 11.6. The number of carbonyl (C=O) groups is 1. The van der Waals surface area contributed by atoms with Crippen molar-refractivity contribution in [3.63, 3.8) is 0 Å². The van der Waals surface area contributed by atoms with E-state index in [0.29, 0.717) is 0 Å². The second-order valence-corrected chi connectivity index (χ2v) is 4.66. The zero-order valence-electron chi connectivity index (χ0n) is 11.6. The van der Waals surface area contributed by atoms with Crippen LogP contribution in [0.15, 0.2) is 18.5 Å². The Balaban J connectivity index is 2.14. The summed E-state index contributed by atoms with van der Waals surface area (Å²) in [6, 6.07) is 1.91. The standard InChI is InChI=1S/C14H25N3O/c1-3-5-8-13(4-2)14(18)15-9-6-11-17-12-7-10-16-17/h7,10,12-13H,3-6,8-9,11H2,1-2H3,(H,15,18)/t13-/m1/s1. The van der Waals surface area contributed by atoms with Crippen LogP contribution in [0.2, 0.25) is 0 Å². The van der Waals surface area contributed by atoms with E-state index < -0.39 is 0 Å². The van der Waals surface area contributed by atoms with Crippen LogP contribution in [0.1, 0.15) is 46.0 Å². The van der Waals surface area contributed by atoms with E-state index in [1.165, 1.54) is 0 Å². The van der Waals surface area contributed by atoms with Gasteiger partial charge in [0, 0.05) is 31.4 Å². The molecule has 0 unspecified atom stereocenters. The number of carbonyl (C=O) groups excluding carboxylic acids is 1. The summed E-state index contributed by atoms with van der Waals surface area (Å²) in [4.78, 5) is 11.9. The summed E-state index contributed by atoms with van der Waals surface area (Å²) in [6.45, 7) is 5.85. The third-order valence-corrected chi connectivity index (χ3v) is 3.19. The van der Waals surface area contributed by atoms with E-state index in [0.717, 1.165) is 45.2 Å². The van der Waals surface area contributed by atoms with Crippen molar-refractivity contribution in [1.82, 2.24) is 15.1 Å². The van der Waals surface area contributed by atoms with Gasteiger partial charge in [-0.15, -0.1) is 0 Å². The van der Waals surface area contributed by atoms with Crippen LogP contribution in [-0.2, 0) is 11.3 Å². The van der Waals surface area contributed by atoms with E-state index >= 15 is 0 Å². The molecule has 1 amide bonds. The molecule has 0 spiro atoms. The van der Waals surface area contributed by atoms with Gasteiger partial charge < -0.3 is 5.32 Å². The van der Waals surface area contributed by atoms with E-state index in [4.69, 9.17) is 0 Å². The second-order valence-electron chi connectivity index (χ2n) is 4.66. The number of nitrogens with one attached hydrogen (secondary N) is 1. The molecule has 1 aromatic heterocycles. The second kappa shape index (κ2) is 8.72. The van der Waals surface area contributed by atoms with Gasteiger partial charge in [0.15, 0.2) is 0 Å². The van der Waals surface area contributed by atoms with Gasteiger partial charge in [-0.2, -0.15) is 5.10 Å². The van der Waals surface area contributed by atoms with Gasteiger partial charge in [-0.05, 0) is 25.3 Å². The van der Waals surface area contributed by atoms with Crippen molar-refractivity contribution in [3.8, 4) is 0 Å². The number of rotatable bonds is 9. The van der Waals surface area contributed by atoms with Crippen molar-refractivity contribution in [2.45, 2.75) is 52.5 Å². The highest BCUT2D eigenvalue weighted by Gasteiger charge is 2.14. The molecule has 1 atom stereocenters. The molecule has 4 heteroatoms. The summed E-state index contributed by atoms with van der Waals surface area (Å²) < 4.78 is 1.89. The molecule has 0 aliphatic rings. The molecule has 0 aromatic carbocycles. The lowest BCUT2D eigenvalue weighted by atomic mass is 9.98. The topological polar surface area (TPSA) is 46.9 Å². The van der Waals surface area contributed by atoms with Crippen LogP contribution in [-0.4, -0.2) is 22.2 Å².